The van der Waals surface area contributed by atoms with E-state index in [0.717, 1.165) is 5.56 Å². The molecule has 1 fully saturated rings. The predicted molar refractivity (Wildman–Crippen MR) is 110 cm³/mol. The Morgan fingerprint density at radius 3 is 1.97 bits per heavy atom. The van der Waals surface area contributed by atoms with Crippen LogP contribution in [0.25, 0.3) is 0 Å². The first kappa shape index (κ1) is 19.8. The van der Waals surface area contributed by atoms with Crippen molar-refractivity contribution in [3.63, 3.8) is 0 Å². The van der Waals surface area contributed by atoms with E-state index < -0.39 is 10.0 Å². The maximum atomic E-state index is 12.9. The SMILES string of the molecule is O=C1C(Cl)=C(N2CCN(S(=O)(=O)Cc3ccccc3)CC2)C(=O)c2ccccc21. The minimum Gasteiger partial charge on any atom is -0.364 e. The summed E-state index contributed by atoms with van der Waals surface area (Å²) in [6.45, 7) is 1.04. The molecule has 0 saturated carbocycles. The third-order valence-corrected chi connectivity index (χ3v) is 7.38. The molecule has 29 heavy (non-hydrogen) atoms. The van der Waals surface area contributed by atoms with Gasteiger partial charge in [-0.2, -0.15) is 4.31 Å². The Labute approximate surface area is 174 Å². The van der Waals surface area contributed by atoms with E-state index in [-0.39, 0.29) is 41.1 Å². The van der Waals surface area contributed by atoms with Gasteiger partial charge in [0, 0.05) is 37.3 Å². The van der Waals surface area contributed by atoms with Crippen LogP contribution in [0.4, 0.5) is 0 Å². The van der Waals surface area contributed by atoms with Crippen molar-refractivity contribution in [3.8, 4) is 0 Å². The Bertz CT molecular complexity index is 1100. The van der Waals surface area contributed by atoms with E-state index in [1.807, 2.05) is 6.07 Å². The second-order valence-corrected chi connectivity index (χ2v) is 9.34. The molecule has 1 aliphatic heterocycles. The number of carbonyl (C=O) groups excluding carboxylic acids is 2. The molecule has 0 unspecified atom stereocenters. The Morgan fingerprint density at radius 1 is 0.793 bits per heavy atom. The number of allylic oxidation sites excluding steroid dienone is 2. The zero-order chi connectivity index (χ0) is 20.6. The Balaban J connectivity index is 1.51. The highest BCUT2D eigenvalue weighted by atomic mass is 35.5. The van der Waals surface area contributed by atoms with E-state index in [1.165, 1.54) is 4.31 Å². The van der Waals surface area contributed by atoms with Gasteiger partial charge < -0.3 is 4.90 Å². The van der Waals surface area contributed by atoms with E-state index in [4.69, 9.17) is 11.6 Å². The molecule has 0 amide bonds. The Kier molecular flexibility index (Phi) is 5.29. The quantitative estimate of drug-likeness (QED) is 0.745. The molecule has 2 aromatic rings. The van der Waals surface area contributed by atoms with Crippen molar-refractivity contribution in [1.82, 2.24) is 9.21 Å². The molecule has 2 aromatic carbocycles. The van der Waals surface area contributed by atoms with Crippen LogP contribution in [-0.2, 0) is 15.8 Å². The van der Waals surface area contributed by atoms with Gasteiger partial charge in [0.05, 0.1) is 5.75 Å². The lowest BCUT2D eigenvalue weighted by molar-refractivity contribution is 0.0933. The summed E-state index contributed by atoms with van der Waals surface area (Å²) in [7, 11) is -3.47. The lowest BCUT2D eigenvalue weighted by atomic mass is 9.91. The highest BCUT2D eigenvalue weighted by molar-refractivity contribution is 7.88. The molecule has 150 valence electrons. The van der Waals surface area contributed by atoms with Crippen LogP contribution < -0.4 is 0 Å². The summed E-state index contributed by atoms with van der Waals surface area (Å²) in [5, 5.41) is -0.103. The smallest absolute Gasteiger partial charge is 0.218 e. The maximum absolute atomic E-state index is 12.9. The van der Waals surface area contributed by atoms with Crippen LogP contribution in [0, 0.1) is 0 Å². The topological polar surface area (TPSA) is 74.8 Å². The molecule has 1 saturated heterocycles. The lowest BCUT2D eigenvalue weighted by Gasteiger charge is -2.37. The first-order valence-electron chi connectivity index (χ1n) is 9.23. The number of fused-ring (bicyclic) bond motifs is 1. The van der Waals surface area contributed by atoms with Crippen LogP contribution >= 0.6 is 11.6 Å². The van der Waals surface area contributed by atoms with E-state index >= 15 is 0 Å². The van der Waals surface area contributed by atoms with Gasteiger partial charge in [0.2, 0.25) is 21.6 Å². The first-order valence-corrected chi connectivity index (χ1v) is 11.2. The predicted octanol–water partition coefficient (Wildman–Crippen LogP) is 2.66. The fourth-order valence-electron chi connectivity index (χ4n) is 3.68. The number of piperazine rings is 1. The summed E-state index contributed by atoms with van der Waals surface area (Å²) in [6.07, 6.45) is 0. The van der Waals surface area contributed by atoms with Gasteiger partial charge in [-0.1, -0.05) is 66.2 Å². The highest BCUT2D eigenvalue weighted by Crippen LogP contribution is 2.31. The summed E-state index contributed by atoms with van der Waals surface area (Å²) in [6, 6.07) is 15.6. The number of carbonyl (C=O) groups is 2. The van der Waals surface area contributed by atoms with Crippen molar-refractivity contribution < 1.29 is 18.0 Å². The van der Waals surface area contributed by atoms with Crippen molar-refractivity contribution in [1.29, 1.82) is 0 Å². The van der Waals surface area contributed by atoms with Crippen LogP contribution in [0.5, 0.6) is 0 Å². The number of rotatable bonds is 4. The minimum atomic E-state index is -3.47. The number of Topliss-reactive ketones (excluding diaryl/α,β-unsaturated/α-hetero) is 2. The molecule has 0 bridgehead atoms. The zero-order valence-corrected chi connectivity index (χ0v) is 17.1. The Morgan fingerprint density at radius 2 is 1.34 bits per heavy atom. The fourth-order valence-corrected chi connectivity index (χ4v) is 5.50. The molecule has 0 radical (unpaired) electrons. The van der Waals surface area contributed by atoms with E-state index in [1.54, 1.807) is 53.4 Å². The second kappa shape index (κ2) is 7.74. The van der Waals surface area contributed by atoms with Crippen LogP contribution in [0.15, 0.2) is 65.3 Å². The standard InChI is InChI=1S/C21H19ClN2O4S/c22-18-19(21(26)17-9-5-4-8-16(17)20(18)25)23-10-12-24(13-11-23)29(27,28)14-15-6-2-1-3-7-15/h1-9H,10-14H2. The highest BCUT2D eigenvalue weighted by Gasteiger charge is 2.36. The number of hydrogen-bond donors (Lipinski definition) is 0. The molecule has 1 heterocycles. The molecule has 0 spiro atoms. The minimum absolute atomic E-state index is 0.0674. The van der Waals surface area contributed by atoms with Gasteiger partial charge in [-0.25, -0.2) is 8.42 Å². The molecule has 1 aliphatic carbocycles. The fraction of sp³-hybridized carbons (Fsp3) is 0.238. The number of ketones is 2. The van der Waals surface area contributed by atoms with Gasteiger partial charge in [-0.05, 0) is 5.56 Å². The van der Waals surface area contributed by atoms with E-state index in [2.05, 4.69) is 0 Å². The molecular formula is C21H19ClN2O4S. The summed E-state index contributed by atoms with van der Waals surface area (Å²) < 4.78 is 26.9. The maximum Gasteiger partial charge on any atom is 0.218 e. The largest absolute Gasteiger partial charge is 0.364 e. The molecule has 8 heteroatoms. The van der Waals surface area contributed by atoms with Crippen molar-refractivity contribution in [2.75, 3.05) is 26.2 Å². The van der Waals surface area contributed by atoms with Crippen molar-refractivity contribution in [3.05, 3.63) is 82.0 Å². The number of sulfonamides is 1. The Hall–Kier alpha value is -2.48. The van der Waals surface area contributed by atoms with Gasteiger partial charge in [0.25, 0.3) is 0 Å². The van der Waals surface area contributed by atoms with Gasteiger partial charge in [0.1, 0.15) is 10.7 Å². The average Bonchev–Trinajstić information content (AvgIpc) is 2.73. The van der Waals surface area contributed by atoms with Crippen molar-refractivity contribution in [2.45, 2.75) is 5.75 Å². The molecule has 0 aromatic heterocycles. The third-order valence-electron chi connectivity index (χ3n) is 5.18. The zero-order valence-electron chi connectivity index (χ0n) is 15.5. The first-order chi connectivity index (χ1) is 13.9. The van der Waals surface area contributed by atoms with Crippen LogP contribution in [-0.4, -0.2) is 55.4 Å². The van der Waals surface area contributed by atoms with Gasteiger partial charge in [-0.3, -0.25) is 9.59 Å². The number of halogens is 1. The van der Waals surface area contributed by atoms with Crippen molar-refractivity contribution >= 4 is 33.2 Å². The van der Waals surface area contributed by atoms with Crippen LogP contribution in [0.1, 0.15) is 26.3 Å². The van der Waals surface area contributed by atoms with Gasteiger partial charge >= 0.3 is 0 Å². The summed E-state index contributed by atoms with van der Waals surface area (Å²) >= 11 is 6.26. The van der Waals surface area contributed by atoms with Crippen LogP contribution in [0.3, 0.4) is 0 Å². The van der Waals surface area contributed by atoms with Crippen molar-refractivity contribution in [2.24, 2.45) is 0 Å². The van der Waals surface area contributed by atoms with E-state index in [9.17, 15) is 18.0 Å². The molecule has 4 rings (SSSR count). The van der Waals surface area contributed by atoms with Gasteiger partial charge in [0.15, 0.2) is 0 Å². The van der Waals surface area contributed by atoms with Crippen LogP contribution in [0.2, 0.25) is 0 Å². The molecule has 0 atom stereocenters. The second-order valence-electron chi connectivity index (χ2n) is 6.99. The number of nitrogens with zero attached hydrogens (tertiary/aromatic N) is 2. The van der Waals surface area contributed by atoms with E-state index in [0.29, 0.717) is 24.2 Å². The lowest BCUT2D eigenvalue weighted by Crippen LogP contribution is -2.50. The third kappa shape index (κ3) is 3.73. The summed E-state index contributed by atoms with van der Waals surface area (Å²) in [4.78, 5) is 27.2. The summed E-state index contributed by atoms with van der Waals surface area (Å²) in [5.41, 5.74) is 1.52. The molecule has 0 N–H and O–H groups in total. The monoisotopic (exact) mass is 430 g/mol. The summed E-state index contributed by atoms with van der Waals surface area (Å²) in [5.74, 6) is -0.746. The number of benzene rings is 2. The average molecular weight is 431 g/mol. The molecular weight excluding hydrogens is 412 g/mol. The molecule has 2 aliphatic rings. The number of hydrogen-bond acceptors (Lipinski definition) is 5. The normalized spacial score (nSPS) is 18.2. The van der Waals surface area contributed by atoms with Gasteiger partial charge in [-0.15, -0.1) is 0 Å². The molecule has 6 nitrogen and oxygen atoms in total.